The van der Waals surface area contributed by atoms with Gasteiger partial charge in [-0.2, -0.15) is 0 Å². The van der Waals surface area contributed by atoms with Gasteiger partial charge in [0.2, 0.25) is 0 Å². The van der Waals surface area contributed by atoms with Crippen LogP contribution in [0, 0.1) is 5.82 Å². The Kier molecular flexibility index (Phi) is 7.92. The van der Waals surface area contributed by atoms with Crippen molar-refractivity contribution < 1.29 is 19.1 Å². The lowest BCUT2D eigenvalue weighted by Crippen LogP contribution is -2.26. The first-order chi connectivity index (χ1) is 17.4. The van der Waals surface area contributed by atoms with E-state index < -0.39 is 11.9 Å². The summed E-state index contributed by atoms with van der Waals surface area (Å²) in [6.45, 7) is 0.550. The molecule has 4 rings (SSSR count). The summed E-state index contributed by atoms with van der Waals surface area (Å²) in [7, 11) is 0. The minimum atomic E-state index is -0.983. The Balaban J connectivity index is 1.45. The van der Waals surface area contributed by atoms with Gasteiger partial charge < -0.3 is 15.7 Å². The average Bonchev–Trinajstić information content (AvgIpc) is 2.88. The molecule has 0 radical (unpaired) electrons. The van der Waals surface area contributed by atoms with Crippen LogP contribution in [0.3, 0.4) is 0 Å². The number of nitrogens with zero attached hydrogens (tertiary/aromatic N) is 1. The average molecular weight is 504 g/mol. The van der Waals surface area contributed by atoms with Gasteiger partial charge in [0.1, 0.15) is 11.5 Å². The predicted octanol–water partition coefficient (Wildman–Crippen LogP) is 6.02. The second-order valence-electron chi connectivity index (χ2n) is 8.07. The van der Waals surface area contributed by atoms with Gasteiger partial charge in [-0.05, 0) is 64.7 Å². The molecule has 1 aromatic heterocycles. The van der Waals surface area contributed by atoms with Crippen LogP contribution in [0.15, 0.2) is 85.1 Å². The van der Waals surface area contributed by atoms with Crippen molar-refractivity contribution >= 4 is 29.2 Å². The van der Waals surface area contributed by atoms with Gasteiger partial charge in [0, 0.05) is 35.6 Å². The van der Waals surface area contributed by atoms with Crippen molar-refractivity contribution in [1.29, 1.82) is 0 Å². The normalized spacial score (nSPS) is 10.6. The highest BCUT2D eigenvalue weighted by atomic mass is 35.5. The molecule has 0 aliphatic carbocycles. The number of nitrogens with one attached hydrogen (secondary N) is 2. The van der Waals surface area contributed by atoms with Crippen LogP contribution >= 0.6 is 11.6 Å². The number of benzene rings is 3. The fourth-order valence-electron chi connectivity index (χ4n) is 3.68. The molecule has 0 unspecified atom stereocenters. The number of carbonyl (C=O) groups excluding carboxylic acids is 1. The quantitative estimate of drug-likeness (QED) is 0.259. The van der Waals surface area contributed by atoms with E-state index in [0.29, 0.717) is 11.6 Å². The molecule has 1 amide bonds. The molecule has 182 valence electrons. The standard InChI is InChI=1S/C28H23ClFN3O3/c29-22-8-4-20(16-32-24-9-5-18(6-10-24)19-2-1-3-23(30)14-19)25(15-22)21-7-11-26(33-17-21)28(36)31-13-12-27(34)35/h1-11,14-15,17,32H,12-13,16H2,(H,31,36)(H,34,35). The highest BCUT2D eigenvalue weighted by Crippen LogP contribution is 2.28. The van der Waals surface area contributed by atoms with Crippen LogP contribution in [0.25, 0.3) is 22.3 Å². The van der Waals surface area contributed by atoms with Gasteiger partial charge in [-0.15, -0.1) is 0 Å². The molecule has 3 aromatic carbocycles. The van der Waals surface area contributed by atoms with Crippen LogP contribution < -0.4 is 10.6 Å². The minimum absolute atomic E-state index is 0.0327. The van der Waals surface area contributed by atoms with Crippen molar-refractivity contribution in [3.05, 3.63) is 107 Å². The topological polar surface area (TPSA) is 91.3 Å². The van der Waals surface area contributed by atoms with Crippen LogP contribution in [0.4, 0.5) is 10.1 Å². The molecule has 0 atom stereocenters. The highest BCUT2D eigenvalue weighted by Gasteiger charge is 2.11. The molecule has 0 fully saturated rings. The number of hydrogen-bond donors (Lipinski definition) is 3. The Labute approximate surface area is 212 Å². The van der Waals surface area contributed by atoms with E-state index in [1.807, 2.05) is 48.5 Å². The first-order valence-corrected chi connectivity index (χ1v) is 11.6. The first-order valence-electron chi connectivity index (χ1n) is 11.2. The first kappa shape index (κ1) is 24.9. The summed E-state index contributed by atoms with van der Waals surface area (Å²) < 4.78 is 13.5. The van der Waals surface area contributed by atoms with Gasteiger partial charge in [0.15, 0.2) is 0 Å². The van der Waals surface area contributed by atoms with Crippen molar-refractivity contribution in [2.24, 2.45) is 0 Å². The number of hydrogen-bond acceptors (Lipinski definition) is 4. The number of rotatable bonds is 9. The fourth-order valence-corrected chi connectivity index (χ4v) is 3.85. The van der Waals surface area contributed by atoms with Gasteiger partial charge in [-0.25, -0.2) is 4.39 Å². The summed E-state index contributed by atoms with van der Waals surface area (Å²) in [6.07, 6.45) is 1.44. The van der Waals surface area contributed by atoms with E-state index in [1.165, 1.54) is 12.1 Å². The molecule has 36 heavy (non-hydrogen) atoms. The van der Waals surface area contributed by atoms with Crippen LogP contribution in [-0.2, 0) is 11.3 Å². The third-order valence-corrected chi connectivity index (χ3v) is 5.76. The zero-order valence-corrected chi connectivity index (χ0v) is 19.9. The van der Waals surface area contributed by atoms with Crippen LogP contribution in [0.2, 0.25) is 5.02 Å². The van der Waals surface area contributed by atoms with Crippen LogP contribution in [-0.4, -0.2) is 28.5 Å². The predicted molar refractivity (Wildman–Crippen MR) is 138 cm³/mol. The smallest absolute Gasteiger partial charge is 0.305 e. The second kappa shape index (κ2) is 11.5. The van der Waals surface area contributed by atoms with Crippen molar-refractivity contribution in [2.75, 3.05) is 11.9 Å². The van der Waals surface area contributed by atoms with Crippen LogP contribution in [0.5, 0.6) is 0 Å². The molecule has 8 heteroatoms. The fraction of sp³-hybridized carbons (Fsp3) is 0.107. The van der Waals surface area contributed by atoms with E-state index in [2.05, 4.69) is 15.6 Å². The monoisotopic (exact) mass is 503 g/mol. The maximum Gasteiger partial charge on any atom is 0.305 e. The van der Waals surface area contributed by atoms with E-state index >= 15 is 0 Å². The molecule has 0 aliphatic heterocycles. The summed E-state index contributed by atoms with van der Waals surface area (Å²) in [4.78, 5) is 27.0. The molecule has 0 spiro atoms. The van der Waals surface area contributed by atoms with Gasteiger partial charge in [-0.1, -0.05) is 48.0 Å². The van der Waals surface area contributed by atoms with Crippen molar-refractivity contribution in [2.45, 2.75) is 13.0 Å². The lowest BCUT2D eigenvalue weighted by Gasteiger charge is -2.13. The Morgan fingerprint density at radius 1 is 0.917 bits per heavy atom. The summed E-state index contributed by atoms with van der Waals surface area (Å²) >= 11 is 6.26. The van der Waals surface area contributed by atoms with Crippen molar-refractivity contribution in [3.8, 4) is 22.3 Å². The molecule has 4 aromatic rings. The van der Waals surface area contributed by atoms with Gasteiger partial charge in [0.25, 0.3) is 5.91 Å². The van der Waals surface area contributed by atoms with Gasteiger partial charge in [-0.3, -0.25) is 14.6 Å². The number of carbonyl (C=O) groups is 2. The molecule has 1 heterocycles. The second-order valence-corrected chi connectivity index (χ2v) is 8.51. The SMILES string of the molecule is O=C(O)CCNC(=O)c1ccc(-c2cc(Cl)ccc2CNc2ccc(-c3cccc(F)c3)cc2)cn1. The zero-order valence-electron chi connectivity index (χ0n) is 19.2. The number of halogens is 2. The number of carboxylic acids is 1. The molecular weight excluding hydrogens is 481 g/mol. The van der Waals surface area contributed by atoms with E-state index in [1.54, 1.807) is 24.4 Å². The number of carboxylic acid groups (broad SMARTS) is 1. The maximum absolute atomic E-state index is 13.5. The maximum atomic E-state index is 13.5. The van der Waals surface area contributed by atoms with Crippen molar-refractivity contribution in [1.82, 2.24) is 10.3 Å². The summed E-state index contributed by atoms with van der Waals surface area (Å²) in [6, 6.07) is 23.2. The summed E-state index contributed by atoms with van der Waals surface area (Å²) in [5.41, 5.74) is 5.48. The Morgan fingerprint density at radius 3 is 2.39 bits per heavy atom. The molecule has 3 N–H and O–H groups in total. The Bertz CT molecular complexity index is 1380. The highest BCUT2D eigenvalue weighted by molar-refractivity contribution is 6.30. The van der Waals surface area contributed by atoms with E-state index in [4.69, 9.17) is 16.7 Å². The molecule has 0 saturated carbocycles. The molecular formula is C28H23ClFN3O3. The molecule has 0 saturated heterocycles. The third kappa shape index (κ3) is 6.46. The number of aliphatic carboxylic acids is 1. The van der Waals surface area contributed by atoms with E-state index in [-0.39, 0.29) is 24.5 Å². The minimum Gasteiger partial charge on any atom is -0.481 e. The molecule has 6 nitrogen and oxygen atoms in total. The molecule has 0 aliphatic rings. The zero-order chi connectivity index (χ0) is 25.5. The number of amides is 1. The van der Waals surface area contributed by atoms with E-state index in [0.717, 1.165) is 33.5 Å². The largest absolute Gasteiger partial charge is 0.481 e. The lowest BCUT2D eigenvalue weighted by atomic mass is 10.0. The Hall–Kier alpha value is -4.23. The molecule has 0 bridgehead atoms. The Morgan fingerprint density at radius 2 is 1.69 bits per heavy atom. The number of pyridine rings is 1. The van der Waals surface area contributed by atoms with E-state index in [9.17, 15) is 14.0 Å². The lowest BCUT2D eigenvalue weighted by molar-refractivity contribution is -0.136. The summed E-state index contributed by atoms with van der Waals surface area (Å²) in [5.74, 6) is -1.69. The van der Waals surface area contributed by atoms with Gasteiger partial charge in [0.05, 0.1) is 6.42 Å². The summed E-state index contributed by atoms with van der Waals surface area (Å²) in [5, 5.41) is 15.2. The van der Waals surface area contributed by atoms with Gasteiger partial charge >= 0.3 is 5.97 Å². The van der Waals surface area contributed by atoms with Crippen molar-refractivity contribution in [3.63, 3.8) is 0 Å². The number of anilines is 1. The third-order valence-electron chi connectivity index (χ3n) is 5.53. The van der Waals surface area contributed by atoms with Crippen LogP contribution in [0.1, 0.15) is 22.5 Å². The number of aromatic nitrogens is 1.